The first kappa shape index (κ1) is 17.3. The third kappa shape index (κ3) is 3.44. The summed E-state index contributed by atoms with van der Waals surface area (Å²) in [6.45, 7) is 4.08. The van der Waals surface area contributed by atoms with Crippen molar-refractivity contribution in [1.29, 1.82) is 0 Å². The Morgan fingerprint density at radius 1 is 1.42 bits per heavy atom. The average molecular weight is 410 g/mol. The van der Waals surface area contributed by atoms with Crippen LogP contribution in [0.1, 0.15) is 34.1 Å². The number of thiophene rings is 1. The molecule has 6 heteroatoms. The summed E-state index contributed by atoms with van der Waals surface area (Å²) in [5.74, 6) is 1.25. The number of halogens is 1. The van der Waals surface area contributed by atoms with Gasteiger partial charge >= 0.3 is 0 Å². The summed E-state index contributed by atoms with van der Waals surface area (Å²) < 4.78 is 11.9. The van der Waals surface area contributed by atoms with E-state index in [-0.39, 0.29) is 5.91 Å². The molecule has 0 saturated carbocycles. The highest BCUT2D eigenvalue weighted by molar-refractivity contribution is 9.10. The minimum atomic E-state index is 0.0212. The number of hydrogen-bond acceptors (Lipinski definition) is 4. The summed E-state index contributed by atoms with van der Waals surface area (Å²) >= 11 is 5.28. The van der Waals surface area contributed by atoms with E-state index in [4.69, 9.17) is 9.47 Å². The van der Waals surface area contributed by atoms with E-state index < -0.39 is 0 Å². The highest BCUT2D eigenvalue weighted by atomic mass is 79.9. The van der Waals surface area contributed by atoms with E-state index >= 15 is 0 Å². The molecule has 1 aromatic heterocycles. The molecule has 128 valence electrons. The average Bonchev–Trinajstić information content (AvgIpc) is 3.07. The van der Waals surface area contributed by atoms with Crippen LogP contribution in [0.15, 0.2) is 28.1 Å². The van der Waals surface area contributed by atoms with E-state index in [1.165, 1.54) is 10.4 Å². The van der Waals surface area contributed by atoms with E-state index in [0.717, 1.165) is 23.9 Å². The van der Waals surface area contributed by atoms with Gasteiger partial charge in [-0.2, -0.15) is 0 Å². The van der Waals surface area contributed by atoms with Gasteiger partial charge in [0.2, 0.25) is 0 Å². The minimum absolute atomic E-state index is 0.0212. The molecule has 0 radical (unpaired) electrons. The van der Waals surface area contributed by atoms with Gasteiger partial charge in [-0.15, -0.1) is 11.3 Å². The molecule has 0 aliphatic carbocycles. The molecular weight excluding hydrogens is 390 g/mol. The Hall–Kier alpha value is -1.53. The lowest BCUT2D eigenvalue weighted by atomic mass is 10.1. The highest BCUT2D eigenvalue weighted by Crippen LogP contribution is 2.37. The molecule has 0 atom stereocenters. The Kier molecular flexibility index (Phi) is 5.46. The molecule has 1 amide bonds. The van der Waals surface area contributed by atoms with Crippen LogP contribution in [0.5, 0.6) is 11.5 Å². The Labute approximate surface area is 154 Å². The number of hydrogen-bond donors (Lipinski definition) is 0. The Morgan fingerprint density at radius 2 is 2.25 bits per heavy atom. The molecule has 0 bridgehead atoms. The summed E-state index contributed by atoms with van der Waals surface area (Å²) in [6, 6.07) is 5.69. The van der Waals surface area contributed by atoms with Gasteiger partial charge in [0, 0.05) is 23.5 Å². The SMILES string of the molecule is CCCOc1c(Br)cc(C(=O)N2CCc3sccc3C2)cc1OC. The maximum atomic E-state index is 12.9. The Balaban J connectivity index is 1.84. The molecule has 2 aromatic rings. The standard InChI is InChI=1S/C18H20BrNO3S/c1-3-7-23-17-14(19)9-13(10-15(17)22-2)18(21)20-6-4-16-12(11-20)5-8-24-16/h5,8-10H,3-4,6-7,11H2,1-2H3. The van der Waals surface area contributed by atoms with Crippen LogP contribution in [0.4, 0.5) is 0 Å². The van der Waals surface area contributed by atoms with Crippen molar-refractivity contribution in [3.8, 4) is 11.5 Å². The number of ether oxygens (including phenoxy) is 2. The van der Waals surface area contributed by atoms with E-state index in [1.807, 2.05) is 17.9 Å². The Morgan fingerprint density at radius 3 is 3.00 bits per heavy atom. The molecule has 0 fully saturated rings. The number of nitrogens with zero attached hydrogens (tertiary/aromatic N) is 1. The van der Waals surface area contributed by atoms with Crippen LogP contribution in [0, 0.1) is 0 Å². The fourth-order valence-corrected chi connectivity index (χ4v) is 4.24. The van der Waals surface area contributed by atoms with E-state index in [9.17, 15) is 4.79 Å². The van der Waals surface area contributed by atoms with Gasteiger partial charge in [-0.25, -0.2) is 0 Å². The van der Waals surface area contributed by atoms with E-state index in [2.05, 4.69) is 27.4 Å². The molecule has 1 aromatic carbocycles. The predicted octanol–water partition coefficient (Wildman–Crippen LogP) is 4.51. The van der Waals surface area contributed by atoms with Crippen molar-refractivity contribution in [1.82, 2.24) is 4.90 Å². The summed E-state index contributed by atoms with van der Waals surface area (Å²) in [7, 11) is 1.59. The van der Waals surface area contributed by atoms with Crippen molar-refractivity contribution >= 4 is 33.2 Å². The van der Waals surface area contributed by atoms with Gasteiger partial charge in [0.15, 0.2) is 11.5 Å². The molecule has 1 aliphatic heterocycles. The maximum Gasteiger partial charge on any atom is 0.254 e. The third-order valence-corrected chi connectivity index (χ3v) is 5.63. The zero-order chi connectivity index (χ0) is 17.1. The van der Waals surface area contributed by atoms with Crippen LogP contribution < -0.4 is 9.47 Å². The first-order chi connectivity index (χ1) is 11.6. The monoisotopic (exact) mass is 409 g/mol. The first-order valence-corrected chi connectivity index (χ1v) is 9.66. The zero-order valence-corrected chi connectivity index (χ0v) is 16.2. The van der Waals surface area contributed by atoms with E-state index in [0.29, 0.717) is 30.2 Å². The van der Waals surface area contributed by atoms with E-state index in [1.54, 1.807) is 24.5 Å². The van der Waals surface area contributed by atoms with Crippen molar-refractivity contribution in [3.05, 3.63) is 44.1 Å². The maximum absolute atomic E-state index is 12.9. The number of fused-ring (bicyclic) bond motifs is 1. The lowest BCUT2D eigenvalue weighted by molar-refractivity contribution is 0.0735. The minimum Gasteiger partial charge on any atom is -0.493 e. The van der Waals surface area contributed by atoms with Crippen molar-refractivity contribution in [3.63, 3.8) is 0 Å². The van der Waals surface area contributed by atoms with Gasteiger partial charge < -0.3 is 14.4 Å². The lowest BCUT2D eigenvalue weighted by Crippen LogP contribution is -2.35. The molecule has 2 heterocycles. The van der Waals surface area contributed by atoms with Gasteiger partial charge in [0.1, 0.15) is 0 Å². The quantitative estimate of drug-likeness (QED) is 0.728. The molecule has 1 aliphatic rings. The topological polar surface area (TPSA) is 38.8 Å². The van der Waals surface area contributed by atoms with Crippen LogP contribution in [0.2, 0.25) is 0 Å². The zero-order valence-electron chi connectivity index (χ0n) is 13.8. The first-order valence-electron chi connectivity index (χ1n) is 7.99. The van der Waals surface area contributed by atoms with Crippen LogP contribution in [0.3, 0.4) is 0 Å². The second-order valence-electron chi connectivity index (χ2n) is 5.68. The van der Waals surface area contributed by atoms with Gasteiger partial charge in [-0.05, 0) is 57.9 Å². The van der Waals surface area contributed by atoms with Gasteiger partial charge in [0.25, 0.3) is 5.91 Å². The van der Waals surface area contributed by atoms with Crippen LogP contribution in [0.25, 0.3) is 0 Å². The predicted molar refractivity (Wildman–Crippen MR) is 99.2 cm³/mol. The van der Waals surface area contributed by atoms with Crippen LogP contribution in [-0.2, 0) is 13.0 Å². The normalized spacial score (nSPS) is 13.5. The summed E-state index contributed by atoms with van der Waals surface area (Å²) in [5, 5.41) is 2.10. The molecule has 4 nitrogen and oxygen atoms in total. The number of amides is 1. The lowest BCUT2D eigenvalue weighted by Gasteiger charge is -2.27. The van der Waals surface area contributed by atoms with Gasteiger partial charge in [-0.3, -0.25) is 4.79 Å². The summed E-state index contributed by atoms with van der Waals surface area (Å²) in [5.41, 5.74) is 1.87. The largest absolute Gasteiger partial charge is 0.493 e. The molecule has 0 unspecified atom stereocenters. The van der Waals surface area contributed by atoms with Crippen molar-refractivity contribution in [2.24, 2.45) is 0 Å². The number of carbonyl (C=O) groups excluding carboxylic acids is 1. The molecular formula is C18H20BrNO3S. The number of benzene rings is 1. The summed E-state index contributed by atoms with van der Waals surface area (Å²) in [6.07, 6.45) is 1.84. The second-order valence-corrected chi connectivity index (χ2v) is 7.54. The number of carbonyl (C=O) groups is 1. The number of methoxy groups -OCH3 is 1. The van der Waals surface area contributed by atoms with Crippen molar-refractivity contribution < 1.29 is 14.3 Å². The van der Waals surface area contributed by atoms with Gasteiger partial charge in [0.05, 0.1) is 18.2 Å². The molecule has 24 heavy (non-hydrogen) atoms. The fraction of sp³-hybridized carbons (Fsp3) is 0.389. The summed E-state index contributed by atoms with van der Waals surface area (Å²) in [4.78, 5) is 16.2. The molecule has 0 saturated heterocycles. The Bertz CT molecular complexity index is 744. The number of rotatable bonds is 5. The van der Waals surface area contributed by atoms with Gasteiger partial charge in [-0.1, -0.05) is 6.92 Å². The molecule has 3 rings (SSSR count). The molecule has 0 spiro atoms. The van der Waals surface area contributed by atoms with Crippen molar-refractivity contribution in [2.75, 3.05) is 20.3 Å². The molecule has 0 N–H and O–H groups in total. The third-order valence-electron chi connectivity index (χ3n) is 4.02. The highest BCUT2D eigenvalue weighted by Gasteiger charge is 2.24. The van der Waals surface area contributed by atoms with Crippen LogP contribution >= 0.6 is 27.3 Å². The van der Waals surface area contributed by atoms with Crippen molar-refractivity contribution in [2.45, 2.75) is 26.3 Å². The smallest absolute Gasteiger partial charge is 0.254 e. The fourth-order valence-electron chi connectivity index (χ4n) is 2.79. The van der Waals surface area contributed by atoms with Crippen LogP contribution in [-0.4, -0.2) is 31.1 Å². The second kappa shape index (κ2) is 7.57.